The lowest BCUT2D eigenvalue weighted by molar-refractivity contribution is 0.310. The molecule has 1 aromatic rings. The van der Waals surface area contributed by atoms with Gasteiger partial charge in [-0.2, -0.15) is 0 Å². The minimum absolute atomic E-state index is 0.143. The van der Waals surface area contributed by atoms with Crippen LogP contribution in [-0.4, -0.2) is 12.6 Å². The minimum Gasteiger partial charge on any atom is -0.493 e. The topological polar surface area (TPSA) is 35.2 Å². The normalized spacial score (nSPS) is 19.2. The number of rotatable bonds is 3. The molecule has 0 aliphatic carbocycles. The Hall–Kier alpha value is -1.46. The summed E-state index contributed by atoms with van der Waals surface area (Å²) in [5.74, 6) is 7.27. The number of ether oxygens (including phenoxy) is 1. The van der Waals surface area contributed by atoms with E-state index in [9.17, 15) is 0 Å². The van der Waals surface area contributed by atoms with Gasteiger partial charge < -0.3 is 10.5 Å². The highest BCUT2D eigenvalue weighted by atomic mass is 16.5. The largest absolute Gasteiger partial charge is 0.493 e. The summed E-state index contributed by atoms with van der Waals surface area (Å²) in [4.78, 5) is 0. The molecule has 0 radical (unpaired) electrons. The van der Waals surface area contributed by atoms with Crippen LogP contribution in [-0.2, 0) is 0 Å². The molecule has 0 spiro atoms. The highest BCUT2D eigenvalue weighted by Gasteiger charge is 2.28. The number of benzene rings is 1. The monoisotopic (exact) mass is 215 g/mol. The van der Waals surface area contributed by atoms with Crippen molar-refractivity contribution in [2.45, 2.75) is 31.7 Å². The van der Waals surface area contributed by atoms with Crippen LogP contribution in [0.25, 0.3) is 0 Å². The second kappa shape index (κ2) is 5.05. The maximum absolute atomic E-state index is 6.19. The second-order valence-corrected chi connectivity index (χ2v) is 4.08. The molecule has 2 atom stereocenters. The molecule has 1 aromatic carbocycles. The van der Waals surface area contributed by atoms with Crippen LogP contribution in [0.5, 0.6) is 5.75 Å². The fourth-order valence-electron chi connectivity index (χ4n) is 2.11. The lowest BCUT2D eigenvalue weighted by Crippen LogP contribution is -2.29. The first-order valence-electron chi connectivity index (χ1n) is 5.70. The third-order valence-electron chi connectivity index (χ3n) is 3.03. The average Bonchev–Trinajstić information content (AvgIpc) is 2.73. The van der Waals surface area contributed by atoms with Gasteiger partial charge in [-0.3, -0.25) is 0 Å². The molecule has 0 amide bonds. The van der Waals surface area contributed by atoms with Crippen LogP contribution in [0.2, 0.25) is 0 Å². The van der Waals surface area contributed by atoms with Crippen LogP contribution in [0.1, 0.15) is 31.2 Å². The SMILES string of the molecule is CC#CCCC(N)C1COc2ccccc21. The summed E-state index contributed by atoms with van der Waals surface area (Å²) in [7, 11) is 0. The van der Waals surface area contributed by atoms with Gasteiger partial charge in [0.15, 0.2) is 0 Å². The molecule has 16 heavy (non-hydrogen) atoms. The first-order chi connectivity index (χ1) is 7.83. The molecule has 2 rings (SSSR count). The number of hydrogen-bond donors (Lipinski definition) is 1. The van der Waals surface area contributed by atoms with Gasteiger partial charge in [-0.05, 0) is 19.4 Å². The van der Waals surface area contributed by atoms with E-state index in [-0.39, 0.29) is 6.04 Å². The van der Waals surface area contributed by atoms with Crippen molar-refractivity contribution in [1.82, 2.24) is 0 Å². The second-order valence-electron chi connectivity index (χ2n) is 4.08. The Kier molecular flexibility index (Phi) is 3.48. The van der Waals surface area contributed by atoms with Gasteiger partial charge in [-0.25, -0.2) is 0 Å². The van der Waals surface area contributed by atoms with Gasteiger partial charge in [0.2, 0.25) is 0 Å². The Morgan fingerprint density at radius 3 is 3.12 bits per heavy atom. The zero-order valence-corrected chi connectivity index (χ0v) is 9.57. The van der Waals surface area contributed by atoms with Crippen molar-refractivity contribution in [3.8, 4) is 17.6 Å². The first-order valence-corrected chi connectivity index (χ1v) is 5.70. The van der Waals surface area contributed by atoms with Gasteiger partial charge in [0, 0.05) is 23.9 Å². The zero-order chi connectivity index (χ0) is 11.4. The third-order valence-corrected chi connectivity index (χ3v) is 3.03. The van der Waals surface area contributed by atoms with E-state index < -0.39 is 0 Å². The lowest BCUT2D eigenvalue weighted by atomic mass is 9.91. The van der Waals surface area contributed by atoms with Gasteiger partial charge in [0.25, 0.3) is 0 Å². The summed E-state index contributed by atoms with van der Waals surface area (Å²) < 4.78 is 5.62. The molecule has 2 N–H and O–H groups in total. The van der Waals surface area contributed by atoms with Crippen LogP contribution in [0.3, 0.4) is 0 Å². The highest BCUT2D eigenvalue weighted by Crippen LogP contribution is 2.35. The average molecular weight is 215 g/mol. The maximum atomic E-state index is 6.19. The highest BCUT2D eigenvalue weighted by molar-refractivity contribution is 5.40. The van der Waals surface area contributed by atoms with Crippen molar-refractivity contribution in [3.05, 3.63) is 29.8 Å². The van der Waals surface area contributed by atoms with Crippen LogP contribution in [0, 0.1) is 11.8 Å². The Morgan fingerprint density at radius 1 is 1.50 bits per heavy atom. The van der Waals surface area contributed by atoms with Crippen molar-refractivity contribution in [3.63, 3.8) is 0 Å². The van der Waals surface area contributed by atoms with E-state index in [0.29, 0.717) is 12.5 Å². The fourth-order valence-corrected chi connectivity index (χ4v) is 2.11. The Morgan fingerprint density at radius 2 is 2.31 bits per heavy atom. The Bertz CT molecular complexity index is 416. The molecule has 0 fully saturated rings. The summed E-state index contributed by atoms with van der Waals surface area (Å²) in [6, 6.07) is 8.30. The standard InChI is InChI=1S/C14H17NO/c1-2-3-4-8-13(15)12-10-16-14-9-6-5-7-11(12)14/h5-7,9,12-13H,4,8,10,15H2,1H3. The van der Waals surface area contributed by atoms with Gasteiger partial charge in [0.05, 0.1) is 6.61 Å². The number of para-hydroxylation sites is 1. The molecule has 2 unspecified atom stereocenters. The predicted octanol–water partition coefficient (Wildman–Crippen LogP) is 2.29. The van der Waals surface area contributed by atoms with Gasteiger partial charge in [-0.15, -0.1) is 11.8 Å². The first kappa shape index (κ1) is 11.0. The molecule has 0 bridgehead atoms. The van der Waals surface area contributed by atoms with Crippen molar-refractivity contribution >= 4 is 0 Å². The van der Waals surface area contributed by atoms with Crippen LogP contribution >= 0.6 is 0 Å². The number of hydrogen-bond acceptors (Lipinski definition) is 2. The van der Waals surface area contributed by atoms with Gasteiger partial charge in [-0.1, -0.05) is 18.2 Å². The van der Waals surface area contributed by atoms with E-state index in [2.05, 4.69) is 17.9 Å². The van der Waals surface area contributed by atoms with Crippen molar-refractivity contribution in [2.75, 3.05) is 6.61 Å². The van der Waals surface area contributed by atoms with E-state index in [1.807, 2.05) is 25.1 Å². The van der Waals surface area contributed by atoms with Crippen molar-refractivity contribution in [2.24, 2.45) is 5.73 Å². The summed E-state index contributed by atoms with van der Waals surface area (Å²) in [5.41, 5.74) is 7.44. The quantitative estimate of drug-likeness (QED) is 0.785. The molecular weight excluding hydrogens is 198 g/mol. The molecule has 0 aromatic heterocycles. The molecule has 2 nitrogen and oxygen atoms in total. The van der Waals surface area contributed by atoms with Crippen molar-refractivity contribution < 1.29 is 4.74 Å². The Balaban J connectivity index is 2.03. The summed E-state index contributed by atoms with van der Waals surface area (Å²) >= 11 is 0. The third kappa shape index (κ3) is 2.20. The molecule has 1 aliphatic rings. The zero-order valence-electron chi connectivity index (χ0n) is 9.57. The van der Waals surface area contributed by atoms with Crippen LogP contribution in [0.4, 0.5) is 0 Å². The smallest absolute Gasteiger partial charge is 0.122 e. The maximum Gasteiger partial charge on any atom is 0.122 e. The summed E-state index contributed by atoms with van der Waals surface area (Å²) in [6.45, 7) is 2.57. The van der Waals surface area contributed by atoms with Crippen LogP contribution < -0.4 is 10.5 Å². The summed E-state index contributed by atoms with van der Waals surface area (Å²) in [5, 5.41) is 0. The predicted molar refractivity (Wildman–Crippen MR) is 65.3 cm³/mol. The van der Waals surface area contributed by atoms with Gasteiger partial charge >= 0.3 is 0 Å². The molecule has 2 heteroatoms. The minimum atomic E-state index is 0.143. The van der Waals surface area contributed by atoms with Crippen LogP contribution in [0.15, 0.2) is 24.3 Å². The molecule has 1 aliphatic heterocycles. The van der Waals surface area contributed by atoms with Gasteiger partial charge in [0.1, 0.15) is 5.75 Å². The molecule has 84 valence electrons. The molecule has 0 saturated carbocycles. The van der Waals surface area contributed by atoms with E-state index in [1.54, 1.807) is 0 Å². The molecule has 0 saturated heterocycles. The van der Waals surface area contributed by atoms with E-state index in [0.717, 1.165) is 18.6 Å². The summed E-state index contributed by atoms with van der Waals surface area (Å²) in [6.07, 6.45) is 1.81. The van der Waals surface area contributed by atoms with E-state index in [4.69, 9.17) is 10.5 Å². The molecule has 1 heterocycles. The molecular formula is C14H17NO. The van der Waals surface area contributed by atoms with E-state index >= 15 is 0 Å². The lowest BCUT2D eigenvalue weighted by Gasteiger charge is -2.16. The van der Waals surface area contributed by atoms with Crippen molar-refractivity contribution in [1.29, 1.82) is 0 Å². The number of fused-ring (bicyclic) bond motifs is 1. The Labute approximate surface area is 96.8 Å². The number of nitrogens with two attached hydrogens (primary N) is 1. The van der Waals surface area contributed by atoms with E-state index in [1.165, 1.54) is 5.56 Å². The fraction of sp³-hybridized carbons (Fsp3) is 0.429.